The summed E-state index contributed by atoms with van der Waals surface area (Å²) in [6, 6.07) is 3.59. The van der Waals surface area contributed by atoms with Crippen molar-refractivity contribution in [3.05, 3.63) is 23.5 Å². The van der Waals surface area contributed by atoms with Crippen molar-refractivity contribution in [2.75, 3.05) is 31.6 Å². The van der Waals surface area contributed by atoms with Gasteiger partial charge in [-0.25, -0.2) is 0 Å². The van der Waals surface area contributed by atoms with Crippen LogP contribution in [-0.2, 0) is 6.54 Å². The molecule has 2 fully saturated rings. The van der Waals surface area contributed by atoms with Crippen molar-refractivity contribution >= 4 is 5.69 Å². The van der Waals surface area contributed by atoms with Crippen molar-refractivity contribution in [2.45, 2.75) is 51.7 Å². The molecule has 1 aromatic heterocycles. The second-order valence-electron chi connectivity index (χ2n) is 6.63. The summed E-state index contributed by atoms with van der Waals surface area (Å²) in [5.41, 5.74) is 3.82. The molecule has 2 atom stereocenters. The standard InChI is InChI=1S/C17H28N4/c1-13-8-17(15(9-18-3)10-19-13)21-12-16-6-4-5-7-20(16)11-14(21)2/h8,10,14,16,18H,4-7,9,11-12H2,1-3H3. The van der Waals surface area contributed by atoms with Crippen LogP contribution in [0.2, 0.25) is 0 Å². The van der Waals surface area contributed by atoms with Crippen LogP contribution in [0.3, 0.4) is 0 Å². The van der Waals surface area contributed by atoms with E-state index < -0.39 is 0 Å². The molecule has 116 valence electrons. The van der Waals surface area contributed by atoms with E-state index >= 15 is 0 Å². The highest BCUT2D eigenvalue weighted by atomic mass is 15.3. The third-order valence-electron chi connectivity index (χ3n) is 4.96. The predicted molar refractivity (Wildman–Crippen MR) is 87.8 cm³/mol. The highest BCUT2D eigenvalue weighted by molar-refractivity contribution is 5.55. The van der Waals surface area contributed by atoms with E-state index in [0.29, 0.717) is 6.04 Å². The molecule has 4 nitrogen and oxygen atoms in total. The van der Waals surface area contributed by atoms with E-state index in [1.54, 1.807) is 0 Å². The third kappa shape index (κ3) is 3.06. The van der Waals surface area contributed by atoms with Gasteiger partial charge in [0, 0.05) is 54.9 Å². The van der Waals surface area contributed by atoms with E-state index in [0.717, 1.165) is 18.3 Å². The minimum Gasteiger partial charge on any atom is -0.366 e. The molecule has 4 heteroatoms. The topological polar surface area (TPSA) is 31.4 Å². The molecule has 0 aliphatic carbocycles. The van der Waals surface area contributed by atoms with Gasteiger partial charge in [-0.2, -0.15) is 0 Å². The molecule has 2 aliphatic heterocycles. The molecule has 1 N–H and O–H groups in total. The SMILES string of the molecule is CNCc1cnc(C)cc1N1CC2CCCCN2CC1C. The average molecular weight is 288 g/mol. The van der Waals surface area contributed by atoms with Crippen molar-refractivity contribution in [2.24, 2.45) is 0 Å². The number of hydrogen-bond acceptors (Lipinski definition) is 4. The first-order valence-corrected chi connectivity index (χ1v) is 8.30. The van der Waals surface area contributed by atoms with Crippen LogP contribution in [0.1, 0.15) is 37.4 Å². The monoisotopic (exact) mass is 288 g/mol. The van der Waals surface area contributed by atoms with Crippen molar-refractivity contribution in [3.63, 3.8) is 0 Å². The molecule has 0 amide bonds. The number of nitrogens with zero attached hydrogens (tertiary/aromatic N) is 3. The lowest BCUT2D eigenvalue weighted by Gasteiger charge is -2.49. The number of nitrogens with one attached hydrogen (secondary N) is 1. The first-order valence-electron chi connectivity index (χ1n) is 8.30. The smallest absolute Gasteiger partial charge is 0.0448 e. The first kappa shape index (κ1) is 14.8. The Kier molecular flexibility index (Phi) is 4.45. The van der Waals surface area contributed by atoms with E-state index in [1.807, 2.05) is 13.2 Å². The van der Waals surface area contributed by atoms with Gasteiger partial charge < -0.3 is 10.2 Å². The minimum absolute atomic E-state index is 0.580. The molecule has 0 spiro atoms. The summed E-state index contributed by atoms with van der Waals surface area (Å²) in [5, 5.41) is 3.28. The Hall–Kier alpha value is -1.13. The summed E-state index contributed by atoms with van der Waals surface area (Å²) in [6.45, 7) is 9.01. The van der Waals surface area contributed by atoms with Gasteiger partial charge in [-0.3, -0.25) is 9.88 Å². The molecule has 1 aromatic rings. The third-order valence-corrected chi connectivity index (χ3v) is 4.96. The maximum absolute atomic E-state index is 4.48. The molecule has 0 saturated carbocycles. The van der Waals surface area contributed by atoms with Crippen LogP contribution in [0.25, 0.3) is 0 Å². The quantitative estimate of drug-likeness (QED) is 0.924. The van der Waals surface area contributed by atoms with Gasteiger partial charge in [0.15, 0.2) is 0 Å². The number of hydrogen-bond donors (Lipinski definition) is 1. The Labute approximate surface area is 128 Å². The molecular weight excluding hydrogens is 260 g/mol. The van der Waals surface area contributed by atoms with Crippen molar-refractivity contribution in [3.8, 4) is 0 Å². The van der Waals surface area contributed by atoms with Crippen LogP contribution in [0.4, 0.5) is 5.69 Å². The summed E-state index contributed by atoms with van der Waals surface area (Å²) in [4.78, 5) is 9.81. The zero-order valence-corrected chi connectivity index (χ0v) is 13.6. The van der Waals surface area contributed by atoms with E-state index in [9.17, 15) is 0 Å². The first-order chi connectivity index (χ1) is 10.2. The summed E-state index contributed by atoms with van der Waals surface area (Å²) in [7, 11) is 2.01. The minimum atomic E-state index is 0.580. The van der Waals surface area contributed by atoms with Crippen molar-refractivity contribution in [1.82, 2.24) is 15.2 Å². The Morgan fingerprint density at radius 2 is 2.19 bits per heavy atom. The highest BCUT2D eigenvalue weighted by Crippen LogP contribution is 2.30. The van der Waals surface area contributed by atoms with Crippen LogP contribution in [0.15, 0.2) is 12.3 Å². The van der Waals surface area contributed by atoms with Crippen LogP contribution in [0, 0.1) is 6.92 Å². The molecule has 3 rings (SSSR count). The van der Waals surface area contributed by atoms with Gasteiger partial charge in [-0.15, -0.1) is 0 Å². The van der Waals surface area contributed by atoms with Gasteiger partial charge in [0.05, 0.1) is 0 Å². The second-order valence-corrected chi connectivity index (χ2v) is 6.63. The molecule has 0 bridgehead atoms. The number of anilines is 1. The summed E-state index contributed by atoms with van der Waals surface area (Å²) < 4.78 is 0. The number of aryl methyl sites for hydroxylation is 1. The maximum atomic E-state index is 4.48. The van der Waals surface area contributed by atoms with Gasteiger partial charge in [-0.1, -0.05) is 6.42 Å². The summed E-state index contributed by atoms with van der Waals surface area (Å²) >= 11 is 0. The predicted octanol–water partition coefficient (Wildman–Crippen LogP) is 2.17. The average Bonchev–Trinajstić information content (AvgIpc) is 2.49. The normalized spacial score (nSPS) is 26.7. The van der Waals surface area contributed by atoms with Crippen LogP contribution in [-0.4, -0.2) is 48.6 Å². The van der Waals surface area contributed by atoms with Crippen LogP contribution < -0.4 is 10.2 Å². The van der Waals surface area contributed by atoms with Gasteiger partial charge in [-0.05, 0) is 46.3 Å². The molecule has 3 heterocycles. The molecule has 21 heavy (non-hydrogen) atoms. The molecule has 0 aromatic carbocycles. The van der Waals surface area contributed by atoms with Gasteiger partial charge in [0.2, 0.25) is 0 Å². The van der Waals surface area contributed by atoms with Crippen molar-refractivity contribution < 1.29 is 0 Å². The molecule has 2 unspecified atom stereocenters. The van der Waals surface area contributed by atoms with Gasteiger partial charge in [0.1, 0.15) is 0 Å². The number of pyridine rings is 1. The highest BCUT2D eigenvalue weighted by Gasteiger charge is 2.33. The number of piperidine rings is 1. The maximum Gasteiger partial charge on any atom is 0.0448 e. The van der Waals surface area contributed by atoms with Crippen LogP contribution in [0.5, 0.6) is 0 Å². The molecular formula is C17H28N4. The van der Waals surface area contributed by atoms with E-state index in [1.165, 1.54) is 50.1 Å². The number of piperazine rings is 1. The molecule has 2 aliphatic rings. The fourth-order valence-electron chi connectivity index (χ4n) is 3.86. The number of fused-ring (bicyclic) bond motifs is 1. The summed E-state index contributed by atoms with van der Waals surface area (Å²) in [6.07, 6.45) is 6.17. The Morgan fingerprint density at radius 1 is 1.33 bits per heavy atom. The lowest BCUT2D eigenvalue weighted by Crippen LogP contribution is -2.59. The fourth-order valence-corrected chi connectivity index (χ4v) is 3.86. The largest absolute Gasteiger partial charge is 0.366 e. The van der Waals surface area contributed by atoms with Crippen molar-refractivity contribution in [1.29, 1.82) is 0 Å². The number of aromatic nitrogens is 1. The number of rotatable bonds is 3. The Morgan fingerprint density at radius 3 is 3.00 bits per heavy atom. The lowest BCUT2D eigenvalue weighted by molar-refractivity contribution is 0.115. The zero-order chi connectivity index (χ0) is 14.8. The van der Waals surface area contributed by atoms with Gasteiger partial charge in [0.25, 0.3) is 0 Å². The molecule has 0 radical (unpaired) electrons. The summed E-state index contributed by atoms with van der Waals surface area (Å²) in [5.74, 6) is 0. The Bertz CT molecular complexity index is 488. The van der Waals surface area contributed by atoms with E-state index in [-0.39, 0.29) is 0 Å². The fraction of sp³-hybridized carbons (Fsp3) is 0.706. The lowest BCUT2D eigenvalue weighted by atomic mass is 9.96. The Balaban J connectivity index is 1.86. The molecule has 2 saturated heterocycles. The van der Waals surface area contributed by atoms with E-state index in [2.05, 4.69) is 40.0 Å². The second kappa shape index (κ2) is 6.32. The van der Waals surface area contributed by atoms with Crippen LogP contribution >= 0.6 is 0 Å². The zero-order valence-electron chi connectivity index (χ0n) is 13.6. The van der Waals surface area contributed by atoms with Gasteiger partial charge >= 0.3 is 0 Å². The van der Waals surface area contributed by atoms with E-state index in [4.69, 9.17) is 0 Å².